The van der Waals surface area contributed by atoms with Crippen molar-refractivity contribution in [3.8, 4) is 0 Å². The molecule has 7 rings (SSSR count). The van der Waals surface area contributed by atoms with E-state index in [-0.39, 0.29) is 5.69 Å². The number of carbonyl (C=O) groups excluding carboxylic acids is 3. The van der Waals surface area contributed by atoms with Crippen LogP contribution in [-0.2, 0) is 19.1 Å². The lowest BCUT2D eigenvalue weighted by Gasteiger charge is -2.35. The number of hydrogen-bond acceptors (Lipinski definition) is 5. The molecule has 0 bridgehead atoms. The molecule has 0 saturated carbocycles. The zero-order chi connectivity index (χ0) is 29.0. The summed E-state index contributed by atoms with van der Waals surface area (Å²) in [5.41, 5.74) is 3.68. The van der Waals surface area contributed by atoms with Gasteiger partial charge in [-0.1, -0.05) is 108 Å². The summed E-state index contributed by atoms with van der Waals surface area (Å²) in [7, 11) is 0. The van der Waals surface area contributed by atoms with Gasteiger partial charge in [0.1, 0.15) is 6.04 Å². The minimum atomic E-state index is -1.03. The molecule has 0 aliphatic carbocycles. The van der Waals surface area contributed by atoms with Gasteiger partial charge in [0.15, 0.2) is 6.10 Å². The Morgan fingerprint density at radius 1 is 0.738 bits per heavy atom. The summed E-state index contributed by atoms with van der Waals surface area (Å²) in [4.78, 5) is 45.6. The molecule has 0 unspecified atom stereocenters. The van der Waals surface area contributed by atoms with Crippen molar-refractivity contribution >= 4 is 52.7 Å². The third-order valence-electron chi connectivity index (χ3n) is 8.25. The molecule has 4 aromatic carbocycles. The minimum absolute atomic E-state index is 0.279. The summed E-state index contributed by atoms with van der Waals surface area (Å²) in [5, 5.41) is 0.597. The second-order valence-corrected chi connectivity index (χ2v) is 11.5. The van der Waals surface area contributed by atoms with Crippen LogP contribution in [0, 0.1) is 11.8 Å². The molecule has 3 aliphatic rings. The summed E-state index contributed by atoms with van der Waals surface area (Å²) >= 11 is 12.5. The molecule has 3 heterocycles. The summed E-state index contributed by atoms with van der Waals surface area (Å²) in [6.07, 6.45) is 3.01. The van der Waals surface area contributed by atoms with Crippen LogP contribution in [0.2, 0.25) is 10.0 Å². The zero-order valence-electron chi connectivity index (χ0n) is 22.1. The SMILES string of the molecule is O=C(OC(c1ccccc1)c1ccccc1)[C@@H]1[C@@H]2C(=O)N(c3cc(Cl)cc(Cl)c3)C(=O)[C@@H]2[C@H]2c3ccccc3C=CN12. The lowest BCUT2D eigenvalue weighted by atomic mass is 9.84. The Labute approximate surface area is 252 Å². The van der Waals surface area contributed by atoms with E-state index in [1.165, 1.54) is 18.2 Å². The average molecular weight is 595 g/mol. The van der Waals surface area contributed by atoms with Crippen LogP contribution in [0.3, 0.4) is 0 Å². The largest absolute Gasteiger partial charge is 0.451 e. The lowest BCUT2D eigenvalue weighted by Crippen LogP contribution is -2.45. The third kappa shape index (κ3) is 4.30. The standard InChI is InChI=1S/C34H24Cl2N2O4/c35-23-17-24(36)19-25(18-23)38-32(39)27-28(33(38)40)30(37-16-15-20-9-7-8-14-26(20)29(27)37)34(41)42-31(21-10-3-1-4-11-21)22-12-5-2-6-13-22/h1-19,27-31H/t27-,28+,29+,30-/m0/s1. The number of halogens is 2. The Morgan fingerprint density at radius 3 is 1.95 bits per heavy atom. The maximum absolute atomic E-state index is 14.3. The average Bonchev–Trinajstić information content (AvgIpc) is 3.48. The van der Waals surface area contributed by atoms with Crippen LogP contribution in [0.4, 0.5) is 5.69 Å². The number of amides is 2. The number of nitrogens with zero attached hydrogens (tertiary/aromatic N) is 2. The molecular formula is C34H24Cl2N2O4. The normalized spacial score (nSPS) is 22.3. The summed E-state index contributed by atoms with van der Waals surface area (Å²) in [6, 6.07) is 29.7. The number of hydrogen-bond donors (Lipinski definition) is 0. The van der Waals surface area contributed by atoms with Gasteiger partial charge in [0.2, 0.25) is 11.8 Å². The fourth-order valence-electron chi connectivity index (χ4n) is 6.52. The Balaban J connectivity index is 1.32. The molecule has 2 saturated heterocycles. The van der Waals surface area contributed by atoms with Crippen molar-refractivity contribution in [3.05, 3.63) is 142 Å². The Hall–Kier alpha value is -4.39. The van der Waals surface area contributed by atoms with Crippen LogP contribution < -0.4 is 4.90 Å². The summed E-state index contributed by atoms with van der Waals surface area (Å²) < 4.78 is 6.28. The number of anilines is 1. The molecule has 42 heavy (non-hydrogen) atoms. The molecule has 4 atom stereocenters. The highest BCUT2D eigenvalue weighted by Crippen LogP contribution is 2.54. The number of imide groups is 1. The van der Waals surface area contributed by atoms with Crippen molar-refractivity contribution in [2.45, 2.75) is 18.2 Å². The van der Waals surface area contributed by atoms with E-state index in [1.807, 2.05) is 95.9 Å². The fraction of sp³-hybridized carbons (Fsp3) is 0.147. The Morgan fingerprint density at radius 2 is 1.31 bits per heavy atom. The molecular weight excluding hydrogens is 571 g/mol. The van der Waals surface area contributed by atoms with E-state index < -0.39 is 47.8 Å². The first-order valence-electron chi connectivity index (χ1n) is 13.6. The molecule has 208 valence electrons. The van der Waals surface area contributed by atoms with Gasteiger partial charge in [-0.25, -0.2) is 9.69 Å². The van der Waals surface area contributed by atoms with E-state index in [2.05, 4.69) is 0 Å². The number of ether oxygens (including phenoxy) is 1. The van der Waals surface area contributed by atoms with Gasteiger partial charge in [0.25, 0.3) is 0 Å². The fourth-order valence-corrected chi connectivity index (χ4v) is 7.03. The predicted molar refractivity (Wildman–Crippen MR) is 161 cm³/mol. The predicted octanol–water partition coefficient (Wildman–Crippen LogP) is 6.84. The Bertz CT molecular complexity index is 1680. The highest BCUT2D eigenvalue weighted by Gasteiger charge is 2.65. The highest BCUT2D eigenvalue weighted by atomic mass is 35.5. The van der Waals surface area contributed by atoms with Crippen molar-refractivity contribution in [2.24, 2.45) is 11.8 Å². The first-order chi connectivity index (χ1) is 20.4. The maximum atomic E-state index is 14.3. The van der Waals surface area contributed by atoms with Crippen LogP contribution in [0.5, 0.6) is 0 Å². The monoisotopic (exact) mass is 594 g/mol. The van der Waals surface area contributed by atoms with E-state index in [0.717, 1.165) is 27.2 Å². The molecule has 8 heteroatoms. The van der Waals surface area contributed by atoms with Gasteiger partial charge in [-0.3, -0.25) is 9.59 Å². The van der Waals surface area contributed by atoms with Gasteiger partial charge in [-0.15, -0.1) is 0 Å². The lowest BCUT2D eigenvalue weighted by molar-refractivity contribution is -0.155. The van der Waals surface area contributed by atoms with Gasteiger partial charge < -0.3 is 9.64 Å². The first kappa shape index (κ1) is 26.5. The molecule has 0 radical (unpaired) electrons. The maximum Gasteiger partial charge on any atom is 0.330 e. The van der Waals surface area contributed by atoms with Crippen molar-refractivity contribution < 1.29 is 19.1 Å². The van der Waals surface area contributed by atoms with Crippen LogP contribution in [0.25, 0.3) is 6.08 Å². The van der Waals surface area contributed by atoms with E-state index in [9.17, 15) is 14.4 Å². The van der Waals surface area contributed by atoms with Crippen molar-refractivity contribution in [3.63, 3.8) is 0 Å². The van der Waals surface area contributed by atoms with Gasteiger partial charge >= 0.3 is 5.97 Å². The third-order valence-corrected chi connectivity index (χ3v) is 8.68. The van der Waals surface area contributed by atoms with Crippen LogP contribution in [-0.4, -0.2) is 28.7 Å². The second-order valence-electron chi connectivity index (χ2n) is 10.6. The van der Waals surface area contributed by atoms with Gasteiger partial charge in [0.05, 0.1) is 23.6 Å². The van der Waals surface area contributed by atoms with E-state index >= 15 is 0 Å². The van der Waals surface area contributed by atoms with Crippen molar-refractivity contribution in [1.29, 1.82) is 0 Å². The number of esters is 1. The number of fused-ring (bicyclic) bond motifs is 5. The molecule has 2 amide bonds. The highest BCUT2D eigenvalue weighted by molar-refractivity contribution is 6.35. The van der Waals surface area contributed by atoms with Crippen LogP contribution >= 0.6 is 23.2 Å². The molecule has 0 N–H and O–H groups in total. The minimum Gasteiger partial charge on any atom is -0.451 e. The Kier molecular flexibility index (Phi) is 6.60. The van der Waals surface area contributed by atoms with Gasteiger partial charge in [-0.05, 0) is 46.5 Å². The summed E-state index contributed by atoms with van der Waals surface area (Å²) in [6.45, 7) is 0. The van der Waals surface area contributed by atoms with E-state index in [1.54, 1.807) is 6.20 Å². The van der Waals surface area contributed by atoms with Crippen molar-refractivity contribution in [1.82, 2.24) is 4.90 Å². The molecule has 4 aromatic rings. The van der Waals surface area contributed by atoms with Crippen molar-refractivity contribution in [2.75, 3.05) is 4.90 Å². The molecule has 0 spiro atoms. The van der Waals surface area contributed by atoms with Crippen LogP contribution in [0.15, 0.2) is 109 Å². The first-order valence-corrected chi connectivity index (χ1v) is 14.4. The zero-order valence-corrected chi connectivity index (χ0v) is 23.7. The molecule has 6 nitrogen and oxygen atoms in total. The van der Waals surface area contributed by atoms with E-state index in [0.29, 0.717) is 10.0 Å². The number of rotatable bonds is 5. The molecule has 2 fully saturated rings. The van der Waals surface area contributed by atoms with E-state index in [4.69, 9.17) is 27.9 Å². The van der Waals surface area contributed by atoms with Gasteiger partial charge in [-0.2, -0.15) is 0 Å². The van der Waals surface area contributed by atoms with Crippen LogP contribution in [0.1, 0.15) is 34.4 Å². The molecule has 0 aromatic heterocycles. The van der Waals surface area contributed by atoms with Gasteiger partial charge in [0, 0.05) is 16.2 Å². The second kappa shape index (κ2) is 10.5. The topological polar surface area (TPSA) is 66.9 Å². The molecule has 3 aliphatic heterocycles. The summed E-state index contributed by atoms with van der Waals surface area (Å²) in [5.74, 6) is -3.26. The number of benzene rings is 4. The quantitative estimate of drug-likeness (QED) is 0.187. The number of carbonyl (C=O) groups is 3. The smallest absolute Gasteiger partial charge is 0.330 e.